The molecule has 2 rings (SSSR count). The van der Waals surface area contributed by atoms with Gasteiger partial charge in [0.15, 0.2) is 0 Å². The highest BCUT2D eigenvalue weighted by molar-refractivity contribution is 6.30. The van der Waals surface area contributed by atoms with Crippen LogP contribution in [-0.4, -0.2) is 7.05 Å². The molecule has 0 amide bonds. The van der Waals surface area contributed by atoms with Gasteiger partial charge >= 0.3 is 0 Å². The lowest BCUT2D eigenvalue weighted by Gasteiger charge is -2.33. The summed E-state index contributed by atoms with van der Waals surface area (Å²) in [4.78, 5) is 0. The Hall–Kier alpha value is -0.670. The molecular weight excluding hydrogens is 268 g/mol. The summed E-state index contributed by atoms with van der Waals surface area (Å²) in [5.74, 6) is 0.115. The molecule has 0 heterocycles. The van der Waals surface area contributed by atoms with Crippen molar-refractivity contribution in [2.75, 3.05) is 7.05 Å². The Morgan fingerprint density at radius 1 is 1.16 bits per heavy atom. The molecule has 1 aliphatic carbocycles. The van der Waals surface area contributed by atoms with E-state index in [1.807, 2.05) is 0 Å². The minimum absolute atomic E-state index is 0.140. The maximum atomic E-state index is 14.0. The molecule has 1 fully saturated rings. The lowest BCUT2D eigenvalue weighted by molar-refractivity contribution is 0.234. The third-order valence-electron chi connectivity index (χ3n) is 4.22. The van der Waals surface area contributed by atoms with Gasteiger partial charge in [0.2, 0.25) is 0 Å². The van der Waals surface area contributed by atoms with E-state index in [1.54, 1.807) is 7.05 Å². The first-order chi connectivity index (χ1) is 9.02. The van der Waals surface area contributed by atoms with Crippen LogP contribution in [0.2, 0.25) is 5.02 Å². The Morgan fingerprint density at radius 2 is 1.79 bits per heavy atom. The van der Waals surface area contributed by atoms with Gasteiger partial charge < -0.3 is 5.32 Å². The average Bonchev–Trinajstić information content (AvgIpc) is 2.38. The number of hydrogen-bond donors (Lipinski definition) is 1. The summed E-state index contributed by atoms with van der Waals surface area (Å²) in [5, 5.41) is 2.98. The highest BCUT2D eigenvalue weighted by Crippen LogP contribution is 2.38. The van der Waals surface area contributed by atoms with Crippen molar-refractivity contribution in [1.29, 1.82) is 0 Å². The van der Waals surface area contributed by atoms with E-state index >= 15 is 0 Å². The van der Waals surface area contributed by atoms with E-state index in [2.05, 4.69) is 12.2 Å². The molecular formula is C15H20ClF2N. The molecule has 1 aliphatic rings. The first-order valence-electron chi connectivity index (χ1n) is 6.84. The van der Waals surface area contributed by atoms with Crippen molar-refractivity contribution in [3.8, 4) is 0 Å². The molecule has 1 aromatic carbocycles. The molecule has 0 aliphatic heterocycles. The SMILES string of the molecule is CNC(c1cc(F)c(Cl)cc1F)C1CCC(C)CC1. The van der Waals surface area contributed by atoms with Gasteiger partial charge in [-0.05, 0) is 43.9 Å². The normalized spacial score (nSPS) is 25.3. The summed E-state index contributed by atoms with van der Waals surface area (Å²) < 4.78 is 27.6. The van der Waals surface area contributed by atoms with Crippen LogP contribution < -0.4 is 5.32 Å². The van der Waals surface area contributed by atoms with Crippen LogP contribution in [0.4, 0.5) is 8.78 Å². The average molecular weight is 288 g/mol. The first-order valence-corrected chi connectivity index (χ1v) is 7.22. The van der Waals surface area contributed by atoms with Crippen molar-refractivity contribution in [1.82, 2.24) is 5.32 Å². The van der Waals surface area contributed by atoms with Crippen molar-refractivity contribution >= 4 is 11.6 Å². The van der Waals surface area contributed by atoms with Crippen LogP contribution in [0.3, 0.4) is 0 Å². The molecule has 19 heavy (non-hydrogen) atoms. The van der Waals surface area contributed by atoms with E-state index in [-0.39, 0.29) is 11.1 Å². The number of hydrogen-bond acceptors (Lipinski definition) is 1. The van der Waals surface area contributed by atoms with E-state index in [4.69, 9.17) is 11.6 Å². The van der Waals surface area contributed by atoms with Crippen LogP contribution in [0, 0.1) is 23.5 Å². The molecule has 0 saturated heterocycles. The molecule has 1 nitrogen and oxygen atoms in total. The zero-order valence-corrected chi connectivity index (χ0v) is 12.1. The smallest absolute Gasteiger partial charge is 0.142 e. The van der Waals surface area contributed by atoms with Gasteiger partial charge in [0.1, 0.15) is 11.6 Å². The molecule has 106 valence electrons. The van der Waals surface area contributed by atoms with E-state index in [9.17, 15) is 8.78 Å². The Kier molecular flexibility index (Phi) is 4.80. The highest BCUT2D eigenvalue weighted by atomic mass is 35.5. The number of halogens is 3. The fraction of sp³-hybridized carbons (Fsp3) is 0.600. The maximum Gasteiger partial charge on any atom is 0.142 e. The maximum absolute atomic E-state index is 14.0. The van der Waals surface area contributed by atoms with Crippen LogP contribution >= 0.6 is 11.6 Å². The molecule has 0 radical (unpaired) electrons. The zero-order valence-electron chi connectivity index (χ0n) is 11.3. The number of rotatable bonds is 3. The summed E-state index contributed by atoms with van der Waals surface area (Å²) in [6.45, 7) is 2.24. The van der Waals surface area contributed by atoms with Gasteiger partial charge in [0, 0.05) is 11.6 Å². The summed E-state index contributed by atoms with van der Waals surface area (Å²) >= 11 is 5.60. The van der Waals surface area contributed by atoms with Gasteiger partial charge in [-0.1, -0.05) is 31.4 Å². The molecule has 1 aromatic rings. The lowest BCUT2D eigenvalue weighted by Crippen LogP contribution is -2.29. The third-order valence-corrected chi connectivity index (χ3v) is 4.51. The molecule has 1 N–H and O–H groups in total. The van der Waals surface area contributed by atoms with E-state index in [0.29, 0.717) is 11.5 Å². The largest absolute Gasteiger partial charge is 0.313 e. The second-order valence-corrected chi connectivity index (χ2v) is 5.98. The minimum atomic E-state index is -0.553. The van der Waals surface area contributed by atoms with E-state index < -0.39 is 11.6 Å². The first kappa shape index (κ1) is 14.7. The Morgan fingerprint density at radius 3 is 2.37 bits per heavy atom. The molecule has 1 saturated carbocycles. The predicted octanol–water partition coefficient (Wildman–Crippen LogP) is 4.71. The molecule has 0 aromatic heterocycles. The van der Waals surface area contributed by atoms with Gasteiger partial charge in [-0.2, -0.15) is 0 Å². The zero-order chi connectivity index (χ0) is 14.0. The fourth-order valence-corrected chi connectivity index (χ4v) is 3.19. The van der Waals surface area contributed by atoms with Gasteiger partial charge in [-0.25, -0.2) is 8.78 Å². The van der Waals surface area contributed by atoms with Gasteiger partial charge in [-0.15, -0.1) is 0 Å². The predicted molar refractivity (Wildman–Crippen MR) is 74.3 cm³/mol. The monoisotopic (exact) mass is 287 g/mol. The molecule has 0 bridgehead atoms. The highest BCUT2D eigenvalue weighted by Gasteiger charge is 2.28. The van der Waals surface area contributed by atoms with Crippen molar-refractivity contribution in [2.45, 2.75) is 38.6 Å². The Balaban J connectivity index is 2.24. The van der Waals surface area contributed by atoms with Crippen molar-refractivity contribution in [3.05, 3.63) is 34.4 Å². The van der Waals surface area contributed by atoms with Gasteiger partial charge in [0.25, 0.3) is 0 Å². The van der Waals surface area contributed by atoms with E-state index in [0.717, 1.165) is 37.7 Å². The van der Waals surface area contributed by atoms with Gasteiger partial charge in [0.05, 0.1) is 5.02 Å². The van der Waals surface area contributed by atoms with Crippen LogP contribution in [0.15, 0.2) is 12.1 Å². The van der Waals surface area contributed by atoms with Crippen molar-refractivity contribution in [2.24, 2.45) is 11.8 Å². The fourth-order valence-electron chi connectivity index (χ4n) is 3.04. The quantitative estimate of drug-likeness (QED) is 0.794. The van der Waals surface area contributed by atoms with Crippen LogP contribution in [0.1, 0.15) is 44.2 Å². The third kappa shape index (κ3) is 3.26. The number of nitrogens with one attached hydrogen (secondary N) is 1. The van der Waals surface area contributed by atoms with E-state index in [1.165, 1.54) is 6.07 Å². The number of benzene rings is 1. The van der Waals surface area contributed by atoms with Crippen molar-refractivity contribution in [3.63, 3.8) is 0 Å². The standard InChI is InChI=1S/C15H20ClF2N/c1-9-3-5-10(6-4-9)15(19-2)11-7-14(18)12(16)8-13(11)17/h7-10,15,19H,3-6H2,1-2H3. The second-order valence-electron chi connectivity index (χ2n) is 5.57. The Bertz CT molecular complexity index is 442. The molecule has 1 atom stereocenters. The second kappa shape index (κ2) is 6.19. The lowest BCUT2D eigenvalue weighted by atomic mass is 9.77. The topological polar surface area (TPSA) is 12.0 Å². The van der Waals surface area contributed by atoms with Gasteiger partial charge in [-0.3, -0.25) is 0 Å². The summed E-state index contributed by atoms with van der Waals surface area (Å²) in [7, 11) is 1.80. The summed E-state index contributed by atoms with van der Waals surface area (Å²) in [6, 6.07) is 2.16. The van der Waals surface area contributed by atoms with Crippen LogP contribution in [0.25, 0.3) is 0 Å². The van der Waals surface area contributed by atoms with Crippen LogP contribution in [-0.2, 0) is 0 Å². The Labute approximate surface area is 118 Å². The molecule has 1 unspecified atom stereocenters. The van der Waals surface area contributed by atoms with Crippen molar-refractivity contribution < 1.29 is 8.78 Å². The molecule has 4 heteroatoms. The summed E-state index contributed by atoms with van der Waals surface area (Å²) in [5.41, 5.74) is 0.393. The minimum Gasteiger partial charge on any atom is -0.313 e. The molecule has 0 spiro atoms. The summed E-state index contributed by atoms with van der Waals surface area (Å²) in [6.07, 6.45) is 4.41. The van der Waals surface area contributed by atoms with Crippen LogP contribution in [0.5, 0.6) is 0 Å².